The highest BCUT2D eigenvalue weighted by Gasteiger charge is 2.43. The molecular formula is C28H29ClN2O4. The zero-order chi connectivity index (χ0) is 23.5. The van der Waals surface area contributed by atoms with Crippen LogP contribution in [-0.4, -0.2) is 47.3 Å². The number of benzene rings is 3. The van der Waals surface area contributed by atoms with E-state index in [9.17, 15) is 14.7 Å². The maximum atomic E-state index is 12.8. The smallest absolute Gasteiger partial charge is 0.408 e. The van der Waals surface area contributed by atoms with Crippen LogP contribution in [0.3, 0.4) is 0 Å². The van der Waals surface area contributed by atoms with Crippen LogP contribution in [0.2, 0.25) is 0 Å². The first-order valence-electron chi connectivity index (χ1n) is 11.7. The van der Waals surface area contributed by atoms with Crippen LogP contribution in [0.15, 0.2) is 78.9 Å². The van der Waals surface area contributed by atoms with E-state index in [4.69, 9.17) is 4.74 Å². The summed E-state index contributed by atoms with van der Waals surface area (Å²) in [5.74, 6) is -1.08. The third-order valence-corrected chi connectivity index (χ3v) is 7.05. The summed E-state index contributed by atoms with van der Waals surface area (Å²) in [5.41, 5.74) is 4.43. The summed E-state index contributed by atoms with van der Waals surface area (Å²) in [7, 11) is 0. The van der Waals surface area contributed by atoms with Crippen molar-refractivity contribution in [1.29, 1.82) is 0 Å². The summed E-state index contributed by atoms with van der Waals surface area (Å²) in [5, 5.41) is 12.7. The van der Waals surface area contributed by atoms with Gasteiger partial charge >= 0.3 is 12.1 Å². The second kappa shape index (κ2) is 10.5. The molecule has 3 aromatic carbocycles. The minimum absolute atomic E-state index is 0. The number of likely N-dealkylation sites (tertiary alicyclic amines) is 1. The number of halogens is 1. The molecule has 0 spiro atoms. The van der Waals surface area contributed by atoms with Gasteiger partial charge in [-0.1, -0.05) is 78.9 Å². The van der Waals surface area contributed by atoms with Gasteiger partial charge in [0.25, 0.3) is 0 Å². The molecule has 1 amide bonds. The molecule has 1 aliphatic heterocycles. The van der Waals surface area contributed by atoms with Crippen molar-refractivity contribution in [1.82, 2.24) is 10.2 Å². The fourth-order valence-corrected chi connectivity index (χ4v) is 5.16. The number of carboxylic acids is 1. The fourth-order valence-electron chi connectivity index (χ4n) is 5.16. The third-order valence-electron chi connectivity index (χ3n) is 7.05. The standard InChI is InChI=1S/C28H28N2O4.ClH/c31-26(32)28(14-16-30(17-15-28)18-20-8-2-1-3-9-20)29-27(33)34-19-25-23-12-6-4-10-21(23)22-11-5-7-13-24(22)25;/h1-13,25H,14-19H2,(H,29,33)(H,31,32);1H. The zero-order valence-electron chi connectivity index (χ0n) is 19.4. The molecule has 0 saturated carbocycles. The predicted octanol–water partition coefficient (Wildman–Crippen LogP) is 5.07. The Bertz CT molecular complexity index is 1150. The van der Waals surface area contributed by atoms with E-state index in [-0.39, 0.29) is 24.9 Å². The van der Waals surface area contributed by atoms with E-state index in [2.05, 4.69) is 46.6 Å². The number of hydrogen-bond acceptors (Lipinski definition) is 4. The van der Waals surface area contributed by atoms with E-state index in [1.54, 1.807) is 0 Å². The van der Waals surface area contributed by atoms with Crippen molar-refractivity contribution in [2.75, 3.05) is 19.7 Å². The molecule has 2 N–H and O–H groups in total. The van der Waals surface area contributed by atoms with E-state index >= 15 is 0 Å². The lowest BCUT2D eigenvalue weighted by atomic mass is 9.87. The van der Waals surface area contributed by atoms with Crippen molar-refractivity contribution in [2.45, 2.75) is 30.8 Å². The number of rotatable bonds is 6. The second-order valence-corrected chi connectivity index (χ2v) is 9.10. The number of fused-ring (bicyclic) bond motifs is 3. The van der Waals surface area contributed by atoms with E-state index in [0.29, 0.717) is 25.9 Å². The van der Waals surface area contributed by atoms with Gasteiger partial charge in [0.1, 0.15) is 12.1 Å². The van der Waals surface area contributed by atoms with Crippen LogP contribution in [0.1, 0.15) is 35.4 Å². The number of nitrogens with one attached hydrogen (secondary N) is 1. The van der Waals surface area contributed by atoms with E-state index < -0.39 is 17.6 Å². The summed E-state index contributed by atoms with van der Waals surface area (Å²) >= 11 is 0. The van der Waals surface area contributed by atoms with Crippen molar-refractivity contribution < 1.29 is 19.4 Å². The van der Waals surface area contributed by atoms with Gasteiger partial charge in [-0.05, 0) is 40.7 Å². The number of carbonyl (C=O) groups excluding carboxylic acids is 1. The SMILES string of the molecule is Cl.O=C(NC1(C(=O)O)CCN(Cc2ccccc2)CC1)OCC1c2ccccc2-c2ccccc21. The van der Waals surface area contributed by atoms with Gasteiger partial charge in [-0.25, -0.2) is 9.59 Å². The largest absolute Gasteiger partial charge is 0.480 e. The first-order valence-corrected chi connectivity index (χ1v) is 11.7. The number of amides is 1. The van der Waals surface area contributed by atoms with Crippen LogP contribution in [0, 0.1) is 0 Å². The van der Waals surface area contributed by atoms with Gasteiger partial charge in [0.05, 0.1) is 0 Å². The normalized spacial score (nSPS) is 16.5. The maximum absolute atomic E-state index is 12.8. The Hall–Kier alpha value is -3.35. The molecule has 6 nitrogen and oxygen atoms in total. The lowest BCUT2D eigenvalue weighted by molar-refractivity contribution is -0.147. The van der Waals surface area contributed by atoms with Crippen molar-refractivity contribution in [3.05, 3.63) is 95.6 Å². The van der Waals surface area contributed by atoms with Crippen LogP contribution in [0.5, 0.6) is 0 Å². The van der Waals surface area contributed by atoms with Crippen LogP contribution in [0.25, 0.3) is 11.1 Å². The molecule has 3 aromatic rings. The van der Waals surface area contributed by atoms with Crippen molar-refractivity contribution >= 4 is 24.5 Å². The molecule has 2 aliphatic rings. The second-order valence-electron chi connectivity index (χ2n) is 9.10. The predicted molar refractivity (Wildman–Crippen MR) is 137 cm³/mol. The molecule has 0 unspecified atom stereocenters. The fraction of sp³-hybridized carbons (Fsp3) is 0.286. The average molecular weight is 493 g/mol. The lowest BCUT2D eigenvalue weighted by Gasteiger charge is -2.39. The van der Waals surface area contributed by atoms with Crippen LogP contribution >= 0.6 is 12.4 Å². The van der Waals surface area contributed by atoms with Crippen molar-refractivity contribution in [2.24, 2.45) is 0 Å². The molecule has 1 heterocycles. The van der Waals surface area contributed by atoms with Gasteiger partial charge in [-0.3, -0.25) is 4.90 Å². The Morgan fingerprint density at radius 1 is 0.886 bits per heavy atom. The molecule has 0 radical (unpaired) electrons. The molecule has 35 heavy (non-hydrogen) atoms. The molecule has 1 fully saturated rings. The minimum Gasteiger partial charge on any atom is -0.480 e. The molecular weight excluding hydrogens is 464 g/mol. The van der Waals surface area contributed by atoms with Gasteiger partial charge in [0.2, 0.25) is 0 Å². The van der Waals surface area contributed by atoms with Crippen LogP contribution in [-0.2, 0) is 16.1 Å². The topological polar surface area (TPSA) is 78.9 Å². The van der Waals surface area contributed by atoms with Gasteiger partial charge in [0, 0.05) is 25.6 Å². The molecule has 0 aromatic heterocycles. The molecule has 1 saturated heterocycles. The number of nitrogens with zero attached hydrogens (tertiary/aromatic N) is 1. The van der Waals surface area contributed by atoms with Crippen LogP contribution < -0.4 is 5.32 Å². The van der Waals surface area contributed by atoms with Crippen LogP contribution in [0.4, 0.5) is 4.79 Å². The molecule has 5 rings (SSSR count). The van der Waals surface area contributed by atoms with E-state index in [0.717, 1.165) is 28.8 Å². The number of aliphatic carboxylic acids is 1. The monoisotopic (exact) mass is 492 g/mol. The quantitative estimate of drug-likeness (QED) is 0.502. The molecule has 0 bridgehead atoms. The summed E-state index contributed by atoms with van der Waals surface area (Å²) in [6, 6.07) is 26.4. The number of alkyl carbamates (subject to hydrolysis) is 1. The highest BCUT2D eigenvalue weighted by atomic mass is 35.5. The highest BCUT2D eigenvalue weighted by Crippen LogP contribution is 2.44. The van der Waals surface area contributed by atoms with E-state index in [1.165, 1.54) is 5.56 Å². The lowest BCUT2D eigenvalue weighted by Crippen LogP contribution is -2.60. The Kier molecular flexibility index (Phi) is 7.43. The van der Waals surface area contributed by atoms with Gasteiger partial charge in [0.15, 0.2) is 0 Å². The Balaban J connectivity index is 0.00000289. The number of piperidine rings is 1. The first-order chi connectivity index (χ1) is 16.6. The van der Waals surface area contributed by atoms with E-state index in [1.807, 2.05) is 42.5 Å². The Morgan fingerprint density at radius 2 is 1.43 bits per heavy atom. The Labute approximate surface area is 211 Å². The van der Waals surface area contributed by atoms with Crippen molar-refractivity contribution in [3.8, 4) is 11.1 Å². The number of ether oxygens (including phenoxy) is 1. The summed E-state index contributed by atoms with van der Waals surface area (Å²) < 4.78 is 5.61. The van der Waals surface area contributed by atoms with Crippen molar-refractivity contribution in [3.63, 3.8) is 0 Å². The molecule has 1 aliphatic carbocycles. The number of hydrogen-bond donors (Lipinski definition) is 2. The zero-order valence-corrected chi connectivity index (χ0v) is 20.2. The first kappa shape index (κ1) is 24.8. The summed E-state index contributed by atoms with van der Waals surface area (Å²) in [6.45, 7) is 2.10. The van der Waals surface area contributed by atoms with Gasteiger partial charge in [-0.2, -0.15) is 0 Å². The highest BCUT2D eigenvalue weighted by molar-refractivity contribution is 5.85. The van der Waals surface area contributed by atoms with Gasteiger partial charge < -0.3 is 15.2 Å². The van der Waals surface area contributed by atoms with Gasteiger partial charge in [-0.15, -0.1) is 12.4 Å². The summed E-state index contributed by atoms with van der Waals surface area (Å²) in [4.78, 5) is 27.2. The third kappa shape index (κ3) is 5.04. The Morgan fingerprint density at radius 3 is 2.00 bits per heavy atom. The molecule has 7 heteroatoms. The number of carboxylic acid groups (broad SMARTS) is 1. The molecule has 0 atom stereocenters. The maximum Gasteiger partial charge on any atom is 0.408 e. The average Bonchev–Trinajstić information content (AvgIpc) is 3.18. The summed E-state index contributed by atoms with van der Waals surface area (Å²) in [6.07, 6.45) is -0.0144. The minimum atomic E-state index is -1.31. The number of carbonyl (C=O) groups is 2. The molecule has 182 valence electrons.